The number of H-pyrrole nitrogens is 1. The van der Waals surface area contributed by atoms with E-state index in [1.54, 1.807) is 6.92 Å². The van der Waals surface area contributed by atoms with Gasteiger partial charge in [0.15, 0.2) is 4.90 Å². The van der Waals surface area contributed by atoms with Gasteiger partial charge in [0.2, 0.25) is 0 Å². The van der Waals surface area contributed by atoms with E-state index in [1.165, 1.54) is 12.1 Å². The van der Waals surface area contributed by atoms with Crippen molar-refractivity contribution in [3.63, 3.8) is 0 Å². The maximum absolute atomic E-state index is 11.6. The first-order chi connectivity index (χ1) is 9.20. The summed E-state index contributed by atoms with van der Waals surface area (Å²) in [6.07, 6.45) is 0. The van der Waals surface area contributed by atoms with Gasteiger partial charge >= 0.3 is 10.1 Å². The number of hydrogen-bond acceptors (Lipinski definition) is 5. The zero-order valence-electron chi connectivity index (χ0n) is 10.1. The predicted molar refractivity (Wildman–Crippen MR) is 67.6 cm³/mol. The molecule has 0 saturated carbocycles. The maximum Gasteiger partial charge on any atom is 0.301 e. The Hall–Kier alpha value is -2.46. The van der Waals surface area contributed by atoms with E-state index < -0.39 is 31.2 Å². The average Bonchev–Trinajstić information content (AvgIpc) is 2.66. The van der Waals surface area contributed by atoms with Crippen LogP contribution in [0.5, 0.6) is 0 Å². The Kier molecular flexibility index (Phi) is 3.19. The monoisotopic (exact) mass is 299 g/mol. The van der Waals surface area contributed by atoms with Crippen LogP contribution in [-0.2, 0) is 10.1 Å². The fourth-order valence-corrected chi connectivity index (χ4v) is 2.38. The van der Waals surface area contributed by atoms with Gasteiger partial charge in [-0.1, -0.05) is 0 Å². The molecule has 0 saturated heterocycles. The third-order valence-corrected chi connectivity index (χ3v) is 3.41. The standard InChI is InChI=1S/C10H9N3O6S/c1-6-4-10(14)12(11-6)7-2-3-8(13(15)16)9(5-7)20(17,18)19/h2-5,11H,1H3,(H,17,18,19). The molecular weight excluding hydrogens is 290 g/mol. The predicted octanol–water partition coefficient (Wildman–Crippen LogP) is 0.629. The summed E-state index contributed by atoms with van der Waals surface area (Å²) in [6.45, 7) is 1.62. The Morgan fingerprint density at radius 3 is 2.45 bits per heavy atom. The van der Waals surface area contributed by atoms with Gasteiger partial charge in [0.25, 0.3) is 11.2 Å². The molecular formula is C10H9N3O6S. The van der Waals surface area contributed by atoms with Gasteiger partial charge in [0.05, 0.1) is 10.6 Å². The second-order valence-corrected chi connectivity index (χ2v) is 5.39. The number of hydrogen-bond donors (Lipinski definition) is 2. The Balaban J connectivity index is 2.74. The van der Waals surface area contributed by atoms with Gasteiger partial charge in [-0.2, -0.15) is 8.42 Å². The summed E-state index contributed by atoms with van der Waals surface area (Å²) in [5.74, 6) is 0. The molecule has 0 spiro atoms. The van der Waals surface area contributed by atoms with Gasteiger partial charge in [-0.15, -0.1) is 0 Å². The number of aromatic nitrogens is 2. The molecule has 0 radical (unpaired) electrons. The second-order valence-electron chi connectivity index (χ2n) is 4.00. The first-order valence-electron chi connectivity index (χ1n) is 5.25. The van der Waals surface area contributed by atoms with E-state index >= 15 is 0 Å². The van der Waals surface area contributed by atoms with Crippen LogP contribution in [0, 0.1) is 17.0 Å². The molecule has 1 heterocycles. The SMILES string of the molecule is Cc1cc(=O)n(-c2ccc([N+](=O)[O-])c(S(=O)(=O)O)c2)[nH]1. The molecule has 0 atom stereocenters. The summed E-state index contributed by atoms with van der Waals surface area (Å²) >= 11 is 0. The molecule has 2 aromatic rings. The van der Waals surface area contributed by atoms with Crippen LogP contribution >= 0.6 is 0 Å². The fourth-order valence-electron chi connectivity index (χ4n) is 1.70. The number of rotatable bonds is 3. The van der Waals surface area contributed by atoms with E-state index in [0.717, 1.165) is 16.8 Å². The quantitative estimate of drug-likeness (QED) is 0.484. The summed E-state index contributed by atoms with van der Waals surface area (Å²) in [5.41, 5.74) is -0.645. The molecule has 0 bridgehead atoms. The minimum atomic E-state index is -4.79. The molecule has 2 N–H and O–H groups in total. The molecule has 0 aliphatic heterocycles. The Morgan fingerprint density at radius 2 is 2.00 bits per heavy atom. The summed E-state index contributed by atoms with van der Waals surface area (Å²) in [7, 11) is -4.79. The van der Waals surface area contributed by atoms with Crippen molar-refractivity contribution >= 4 is 15.8 Å². The summed E-state index contributed by atoms with van der Waals surface area (Å²) in [6, 6.07) is 4.23. The van der Waals surface area contributed by atoms with Crippen molar-refractivity contribution in [1.82, 2.24) is 9.78 Å². The Bertz CT molecular complexity index is 848. The number of benzene rings is 1. The topological polar surface area (TPSA) is 135 Å². The zero-order valence-corrected chi connectivity index (χ0v) is 10.9. The summed E-state index contributed by atoms with van der Waals surface area (Å²) in [4.78, 5) is 20.5. The number of nitro benzene ring substituents is 1. The van der Waals surface area contributed by atoms with Crippen molar-refractivity contribution in [1.29, 1.82) is 0 Å². The minimum absolute atomic E-state index is 0.0568. The molecule has 9 nitrogen and oxygen atoms in total. The Morgan fingerprint density at radius 1 is 1.35 bits per heavy atom. The van der Waals surface area contributed by atoms with Gasteiger partial charge < -0.3 is 0 Å². The van der Waals surface area contributed by atoms with Crippen molar-refractivity contribution < 1.29 is 17.9 Å². The summed E-state index contributed by atoms with van der Waals surface area (Å²) in [5, 5.41) is 13.4. The van der Waals surface area contributed by atoms with E-state index in [9.17, 15) is 23.3 Å². The van der Waals surface area contributed by atoms with Gasteiger partial charge in [-0.3, -0.25) is 24.6 Å². The highest BCUT2D eigenvalue weighted by Gasteiger charge is 2.25. The highest BCUT2D eigenvalue weighted by Crippen LogP contribution is 2.25. The van der Waals surface area contributed by atoms with E-state index in [1.807, 2.05) is 0 Å². The van der Waals surface area contributed by atoms with E-state index in [0.29, 0.717) is 5.69 Å². The highest BCUT2D eigenvalue weighted by atomic mass is 32.2. The molecule has 2 rings (SSSR count). The lowest BCUT2D eigenvalue weighted by Crippen LogP contribution is -2.14. The number of nitrogens with one attached hydrogen (secondary N) is 1. The molecule has 106 valence electrons. The molecule has 0 unspecified atom stereocenters. The third-order valence-electron chi connectivity index (χ3n) is 2.52. The van der Waals surface area contributed by atoms with Crippen LogP contribution in [0.1, 0.15) is 5.69 Å². The van der Waals surface area contributed by atoms with Crippen molar-refractivity contribution in [2.24, 2.45) is 0 Å². The number of aromatic amines is 1. The number of nitrogens with zero attached hydrogens (tertiary/aromatic N) is 2. The first-order valence-corrected chi connectivity index (χ1v) is 6.69. The normalized spacial score (nSPS) is 11.5. The van der Waals surface area contributed by atoms with E-state index in [4.69, 9.17) is 4.55 Å². The van der Waals surface area contributed by atoms with Crippen LogP contribution in [0.2, 0.25) is 0 Å². The van der Waals surface area contributed by atoms with Crippen molar-refractivity contribution in [2.45, 2.75) is 11.8 Å². The summed E-state index contributed by atoms with van der Waals surface area (Å²) < 4.78 is 32.4. The fraction of sp³-hybridized carbons (Fsp3) is 0.100. The molecule has 0 aliphatic rings. The molecule has 20 heavy (non-hydrogen) atoms. The highest BCUT2D eigenvalue weighted by molar-refractivity contribution is 7.86. The largest absolute Gasteiger partial charge is 0.301 e. The number of nitro groups is 1. The van der Waals surface area contributed by atoms with Gasteiger partial charge in [-0.05, 0) is 19.1 Å². The molecule has 0 aliphatic carbocycles. The minimum Gasteiger partial charge on any atom is -0.295 e. The lowest BCUT2D eigenvalue weighted by atomic mass is 10.3. The molecule has 0 fully saturated rings. The van der Waals surface area contributed by atoms with E-state index in [-0.39, 0.29) is 5.69 Å². The number of aryl methyl sites for hydroxylation is 1. The molecule has 0 amide bonds. The smallest absolute Gasteiger partial charge is 0.295 e. The van der Waals surface area contributed by atoms with Crippen LogP contribution in [0.3, 0.4) is 0 Å². The maximum atomic E-state index is 11.6. The van der Waals surface area contributed by atoms with Gasteiger partial charge in [-0.25, -0.2) is 4.68 Å². The molecule has 1 aromatic carbocycles. The van der Waals surface area contributed by atoms with Crippen molar-refractivity contribution in [3.05, 3.63) is 50.4 Å². The average molecular weight is 299 g/mol. The van der Waals surface area contributed by atoms with Crippen LogP contribution in [0.4, 0.5) is 5.69 Å². The lowest BCUT2D eigenvalue weighted by molar-refractivity contribution is -0.387. The third kappa shape index (κ3) is 2.46. The van der Waals surface area contributed by atoms with Crippen molar-refractivity contribution in [2.75, 3.05) is 0 Å². The van der Waals surface area contributed by atoms with Crippen molar-refractivity contribution in [3.8, 4) is 5.69 Å². The zero-order chi connectivity index (χ0) is 15.1. The van der Waals surface area contributed by atoms with Crippen LogP contribution in [-0.4, -0.2) is 27.7 Å². The lowest BCUT2D eigenvalue weighted by Gasteiger charge is -2.05. The molecule has 10 heteroatoms. The van der Waals surface area contributed by atoms with Gasteiger partial charge in [0, 0.05) is 17.8 Å². The Labute approximate surface area is 112 Å². The first kappa shape index (κ1) is 14.0. The van der Waals surface area contributed by atoms with Crippen LogP contribution in [0.25, 0.3) is 5.69 Å². The van der Waals surface area contributed by atoms with Gasteiger partial charge in [0.1, 0.15) is 0 Å². The van der Waals surface area contributed by atoms with Crippen LogP contribution in [0.15, 0.2) is 34.0 Å². The molecule has 1 aromatic heterocycles. The van der Waals surface area contributed by atoms with Crippen LogP contribution < -0.4 is 5.56 Å². The van der Waals surface area contributed by atoms with E-state index in [2.05, 4.69) is 5.10 Å². The second kappa shape index (κ2) is 4.58.